The zero-order chi connectivity index (χ0) is 24.5. The van der Waals surface area contributed by atoms with Gasteiger partial charge in [0.1, 0.15) is 11.5 Å². The van der Waals surface area contributed by atoms with Crippen molar-refractivity contribution >= 4 is 34.0 Å². The summed E-state index contributed by atoms with van der Waals surface area (Å²) < 4.78 is 1.56. The first kappa shape index (κ1) is 22.5. The van der Waals surface area contributed by atoms with Crippen LogP contribution in [0.4, 0.5) is 17.2 Å². The van der Waals surface area contributed by atoms with Crippen molar-refractivity contribution in [2.75, 3.05) is 43.4 Å². The van der Waals surface area contributed by atoms with E-state index in [1.54, 1.807) is 22.9 Å². The number of pyridine rings is 1. The number of anilines is 2. The van der Waals surface area contributed by atoms with E-state index in [1.807, 2.05) is 55.3 Å². The minimum absolute atomic E-state index is 0.0805. The summed E-state index contributed by atoms with van der Waals surface area (Å²) in [6, 6.07) is 17.9. The van der Waals surface area contributed by atoms with Crippen LogP contribution in [0, 0.1) is 17.0 Å². The highest BCUT2D eigenvalue weighted by Crippen LogP contribution is 2.30. The van der Waals surface area contributed by atoms with Gasteiger partial charge >= 0.3 is 0 Å². The van der Waals surface area contributed by atoms with E-state index >= 15 is 0 Å². The first-order valence-corrected chi connectivity index (χ1v) is 11.4. The van der Waals surface area contributed by atoms with E-state index in [0.717, 1.165) is 24.0 Å². The molecule has 1 aliphatic rings. The largest absolute Gasteiger partial charge is 0.363 e. The quantitative estimate of drug-likeness (QED) is 0.350. The lowest BCUT2D eigenvalue weighted by Gasteiger charge is -2.33. The van der Waals surface area contributed by atoms with Crippen LogP contribution in [0.15, 0.2) is 60.7 Å². The lowest BCUT2D eigenvalue weighted by atomic mass is 10.1. The highest BCUT2D eigenvalue weighted by molar-refractivity contribution is 6.05. The molecule has 4 aromatic rings. The van der Waals surface area contributed by atoms with Crippen LogP contribution in [0.2, 0.25) is 0 Å². The Balaban J connectivity index is 1.43. The van der Waals surface area contributed by atoms with Crippen molar-refractivity contribution in [2.24, 2.45) is 0 Å². The summed E-state index contributed by atoms with van der Waals surface area (Å²) in [7, 11) is 2.03. The number of benzene rings is 2. The van der Waals surface area contributed by atoms with Gasteiger partial charge in [0.05, 0.1) is 16.1 Å². The molecule has 1 amide bonds. The van der Waals surface area contributed by atoms with E-state index in [4.69, 9.17) is 0 Å². The maximum atomic E-state index is 13.1. The predicted octanol–water partition coefficient (Wildman–Crippen LogP) is 3.64. The summed E-state index contributed by atoms with van der Waals surface area (Å²) in [6.45, 7) is 4.86. The molecule has 0 saturated carbocycles. The minimum atomic E-state index is -0.458. The second-order valence-electron chi connectivity index (χ2n) is 8.65. The van der Waals surface area contributed by atoms with Crippen LogP contribution < -0.4 is 10.2 Å². The third-order valence-corrected chi connectivity index (χ3v) is 6.15. The fourth-order valence-electron chi connectivity index (χ4n) is 4.25. The number of carbonyl (C=O) groups is 1. The number of nitrogens with one attached hydrogen (secondary N) is 1. The number of nitro benzene ring substituents is 1. The number of likely N-dealkylation sites (N-methyl/N-ethyl adjacent to an activating group) is 1. The topological polar surface area (TPSA) is 109 Å². The molecular formula is C25H25N7O3. The highest BCUT2D eigenvalue weighted by Gasteiger charge is 2.24. The first-order chi connectivity index (χ1) is 16.9. The first-order valence-electron chi connectivity index (χ1n) is 11.4. The van der Waals surface area contributed by atoms with Gasteiger partial charge in [-0.05, 0) is 44.3 Å². The van der Waals surface area contributed by atoms with Crippen molar-refractivity contribution < 1.29 is 9.72 Å². The molecule has 178 valence electrons. The van der Waals surface area contributed by atoms with Gasteiger partial charge in [-0.1, -0.05) is 18.2 Å². The maximum absolute atomic E-state index is 13.1. The zero-order valence-corrected chi connectivity index (χ0v) is 19.5. The van der Waals surface area contributed by atoms with Gasteiger partial charge in [-0.25, -0.2) is 4.98 Å². The number of aryl methyl sites for hydroxylation is 1. The molecule has 0 atom stereocenters. The number of hydrogen-bond donors (Lipinski definition) is 1. The van der Waals surface area contributed by atoms with E-state index in [2.05, 4.69) is 20.3 Å². The van der Waals surface area contributed by atoms with Crippen molar-refractivity contribution in [2.45, 2.75) is 6.92 Å². The van der Waals surface area contributed by atoms with Gasteiger partial charge in [-0.3, -0.25) is 14.9 Å². The Morgan fingerprint density at radius 1 is 1.03 bits per heavy atom. The number of piperazine rings is 1. The molecule has 0 spiro atoms. The molecule has 1 saturated heterocycles. The molecular weight excluding hydrogens is 446 g/mol. The third kappa shape index (κ3) is 4.56. The van der Waals surface area contributed by atoms with Crippen molar-refractivity contribution in [3.05, 3.63) is 82.0 Å². The molecule has 10 nitrogen and oxygen atoms in total. The summed E-state index contributed by atoms with van der Waals surface area (Å²) in [5.41, 5.74) is 2.16. The van der Waals surface area contributed by atoms with E-state index in [1.165, 1.54) is 6.07 Å². The van der Waals surface area contributed by atoms with E-state index in [-0.39, 0.29) is 11.3 Å². The summed E-state index contributed by atoms with van der Waals surface area (Å²) in [5, 5.41) is 20.2. The Labute approximate surface area is 201 Å². The number of carbonyl (C=O) groups excluding carboxylic acids is 1. The number of hydrogen-bond acceptors (Lipinski definition) is 7. The number of para-hydroxylation sites is 1. The molecule has 1 fully saturated rings. The Bertz CT molecular complexity index is 1420. The normalized spacial score (nSPS) is 14.3. The molecule has 2 aromatic carbocycles. The van der Waals surface area contributed by atoms with Crippen LogP contribution in [0.5, 0.6) is 0 Å². The number of nitrogens with zero attached hydrogens (tertiary/aromatic N) is 6. The summed E-state index contributed by atoms with van der Waals surface area (Å²) in [6.07, 6.45) is 0. The van der Waals surface area contributed by atoms with Gasteiger partial charge in [0.2, 0.25) is 0 Å². The van der Waals surface area contributed by atoms with Crippen LogP contribution in [-0.4, -0.2) is 63.7 Å². The summed E-state index contributed by atoms with van der Waals surface area (Å²) in [4.78, 5) is 33.3. The monoisotopic (exact) mass is 471 g/mol. The molecule has 1 aliphatic heterocycles. The van der Waals surface area contributed by atoms with E-state index < -0.39 is 10.8 Å². The SMILES string of the molecule is Cc1cc(NC(=O)c2ccc(N3CCN(C)CC3)c([N+](=O)[O-])c2)n(-c2ccc3ccccc3n2)n1. The maximum Gasteiger partial charge on any atom is 0.293 e. The molecule has 35 heavy (non-hydrogen) atoms. The van der Waals surface area contributed by atoms with Crippen LogP contribution in [0.25, 0.3) is 16.7 Å². The number of fused-ring (bicyclic) bond motifs is 1. The molecule has 2 aromatic heterocycles. The number of aromatic nitrogens is 3. The average molecular weight is 472 g/mol. The fourth-order valence-corrected chi connectivity index (χ4v) is 4.25. The molecule has 3 heterocycles. The minimum Gasteiger partial charge on any atom is -0.363 e. The second kappa shape index (κ2) is 9.15. The van der Waals surface area contributed by atoms with Crippen molar-refractivity contribution in [1.82, 2.24) is 19.7 Å². The van der Waals surface area contributed by atoms with Crippen LogP contribution in [-0.2, 0) is 0 Å². The van der Waals surface area contributed by atoms with Crippen molar-refractivity contribution in [1.29, 1.82) is 0 Å². The van der Waals surface area contributed by atoms with Gasteiger partial charge in [0, 0.05) is 49.3 Å². The van der Waals surface area contributed by atoms with Crippen LogP contribution in [0.3, 0.4) is 0 Å². The smallest absolute Gasteiger partial charge is 0.293 e. The van der Waals surface area contributed by atoms with Crippen LogP contribution in [0.1, 0.15) is 16.1 Å². The molecule has 0 unspecified atom stereocenters. The summed E-state index contributed by atoms with van der Waals surface area (Å²) in [5.74, 6) is 0.532. The van der Waals surface area contributed by atoms with Gasteiger partial charge in [0.15, 0.2) is 5.82 Å². The number of amides is 1. The number of rotatable bonds is 5. The van der Waals surface area contributed by atoms with Crippen LogP contribution >= 0.6 is 0 Å². The third-order valence-electron chi connectivity index (χ3n) is 6.15. The van der Waals surface area contributed by atoms with Gasteiger partial charge in [-0.15, -0.1) is 0 Å². The lowest BCUT2D eigenvalue weighted by molar-refractivity contribution is -0.384. The highest BCUT2D eigenvalue weighted by atomic mass is 16.6. The molecule has 0 bridgehead atoms. The number of nitro groups is 1. The summed E-state index contributed by atoms with van der Waals surface area (Å²) >= 11 is 0. The van der Waals surface area contributed by atoms with Gasteiger partial charge < -0.3 is 15.1 Å². The molecule has 0 radical (unpaired) electrons. The second-order valence-corrected chi connectivity index (χ2v) is 8.65. The van der Waals surface area contributed by atoms with E-state index in [9.17, 15) is 14.9 Å². The molecule has 5 rings (SSSR count). The average Bonchev–Trinajstić information content (AvgIpc) is 3.23. The Kier molecular flexibility index (Phi) is 5.87. The van der Waals surface area contributed by atoms with E-state index in [0.29, 0.717) is 36.1 Å². The standard InChI is InChI=1S/C25H25N7O3/c1-17-15-24(31(28-17)23-10-8-18-5-3-4-6-20(18)26-23)27-25(33)19-7-9-21(22(16-19)32(34)35)30-13-11-29(2)12-14-30/h3-10,15-16H,11-14H2,1-2H3,(H,27,33). The predicted molar refractivity (Wildman–Crippen MR) is 134 cm³/mol. The Hall–Kier alpha value is -4.31. The lowest BCUT2D eigenvalue weighted by Crippen LogP contribution is -2.44. The van der Waals surface area contributed by atoms with Crippen molar-refractivity contribution in [3.8, 4) is 5.82 Å². The van der Waals surface area contributed by atoms with Gasteiger partial charge in [0.25, 0.3) is 11.6 Å². The van der Waals surface area contributed by atoms with Gasteiger partial charge in [-0.2, -0.15) is 9.78 Å². The fraction of sp³-hybridized carbons (Fsp3) is 0.240. The Morgan fingerprint density at radius 3 is 2.57 bits per heavy atom. The molecule has 0 aliphatic carbocycles. The molecule has 10 heteroatoms. The molecule has 1 N–H and O–H groups in total. The Morgan fingerprint density at radius 2 is 1.80 bits per heavy atom. The zero-order valence-electron chi connectivity index (χ0n) is 19.5. The van der Waals surface area contributed by atoms with Crippen molar-refractivity contribution in [3.63, 3.8) is 0 Å².